The molecule has 2 heterocycles. The molecule has 1 atom stereocenters. The van der Waals surface area contributed by atoms with Crippen molar-refractivity contribution in [3.05, 3.63) is 71.7 Å². The van der Waals surface area contributed by atoms with E-state index in [0.29, 0.717) is 17.9 Å². The fraction of sp³-hybridized carbons (Fsp3) is 0.158. The van der Waals surface area contributed by atoms with Crippen LogP contribution in [0, 0.1) is 5.82 Å². The van der Waals surface area contributed by atoms with E-state index in [1.807, 2.05) is 24.3 Å². The third kappa shape index (κ3) is 2.76. The van der Waals surface area contributed by atoms with Gasteiger partial charge in [-0.25, -0.2) is 9.07 Å². The van der Waals surface area contributed by atoms with Crippen molar-refractivity contribution in [1.29, 1.82) is 0 Å². The van der Waals surface area contributed by atoms with E-state index in [4.69, 9.17) is 4.74 Å². The number of anilines is 1. The molecule has 126 valence electrons. The average molecular weight is 337 g/mol. The van der Waals surface area contributed by atoms with Crippen LogP contribution >= 0.6 is 0 Å². The summed E-state index contributed by atoms with van der Waals surface area (Å²) in [5, 5.41) is 7.23. The maximum Gasteiger partial charge on any atom is 0.226 e. The smallest absolute Gasteiger partial charge is 0.226 e. The highest BCUT2D eigenvalue weighted by molar-refractivity contribution is 5.94. The molecule has 1 unspecified atom stereocenters. The number of ether oxygens (including phenoxy) is 1. The Kier molecular flexibility index (Phi) is 3.72. The van der Waals surface area contributed by atoms with Gasteiger partial charge < -0.3 is 10.1 Å². The Labute approximate surface area is 144 Å². The molecule has 4 rings (SSSR count). The second-order valence-electron chi connectivity index (χ2n) is 5.92. The lowest BCUT2D eigenvalue weighted by Gasteiger charge is -2.24. The van der Waals surface area contributed by atoms with Gasteiger partial charge in [-0.2, -0.15) is 5.10 Å². The minimum absolute atomic E-state index is 0.0912. The first kappa shape index (κ1) is 15.4. The van der Waals surface area contributed by atoms with Crippen LogP contribution in [0.4, 0.5) is 10.2 Å². The maximum atomic E-state index is 13.5. The summed E-state index contributed by atoms with van der Waals surface area (Å²) in [6.07, 6.45) is 2.07. The van der Waals surface area contributed by atoms with Crippen molar-refractivity contribution < 1.29 is 13.9 Å². The van der Waals surface area contributed by atoms with Crippen LogP contribution < -0.4 is 10.1 Å². The first-order valence-electron chi connectivity index (χ1n) is 7.93. The fourth-order valence-electron chi connectivity index (χ4n) is 3.16. The van der Waals surface area contributed by atoms with Crippen LogP contribution in [0.25, 0.3) is 5.69 Å². The van der Waals surface area contributed by atoms with Crippen molar-refractivity contribution in [1.82, 2.24) is 9.78 Å². The Morgan fingerprint density at radius 3 is 2.76 bits per heavy atom. The van der Waals surface area contributed by atoms with Crippen LogP contribution in [0.2, 0.25) is 0 Å². The Morgan fingerprint density at radius 2 is 2.04 bits per heavy atom. The molecule has 0 bridgehead atoms. The normalized spacial score (nSPS) is 16.2. The topological polar surface area (TPSA) is 56.1 Å². The zero-order valence-corrected chi connectivity index (χ0v) is 13.6. The van der Waals surface area contributed by atoms with Gasteiger partial charge in [-0.05, 0) is 35.9 Å². The van der Waals surface area contributed by atoms with Gasteiger partial charge in [-0.15, -0.1) is 0 Å². The van der Waals surface area contributed by atoms with E-state index in [1.165, 1.54) is 12.1 Å². The molecule has 2 aromatic carbocycles. The number of aromatic nitrogens is 2. The predicted molar refractivity (Wildman–Crippen MR) is 91.6 cm³/mol. The highest BCUT2D eigenvalue weighted by Gasteiger charge is 2.30. The summed E-state index contributed by atoms with van der Waals surface area (Å²) in [4.78, 5) is 12.2. The van der Waals surface area contributed by atoms with Gasteiger partial charge in [-0.3, -0.25) is 4.79 Å². The number of hydrogen-bond acceptors (Lipinski definition) is 3. The third-order valence-electron chi connectivity index (χ3n) is 4.39. The van der Waals surface area contributed by atoms with Gasteiger partial charge in [0.15, 0.2) is 0 Å². The predicted octanol–water partition coefficient (Wildman–Crippen LogP) is 3.49. The number of benzene rings is 2. The standard InChI is InChI=1S/C19H16FN3O2/c1-25-15-7-5-12(6-8-15)16-10-18(24)22-19-17(16)11-21-23(19)14-4-2-3-13(20)9-14/h2-9,11,16H,10H2,1H3,(H,22,24). The van der Waals surface area contributed by atoms with Crippen molar-refractivity contribution in [3.8, 4) is 11.4 Å². The number of fused-ring (bicyclic) bond motifs is 1. The molecule has 0 spiro atoms. The van der Waals surface area contributed by atoms with Crippen molar-refractivity contribution in [2.45, 2.75) is 12.3 Å². The molecule has 3 aromatic rings. The van der Waals surface area contributed by atoms with Crippen LogP contribution in [0.3, 0.4) is 0 Å². The minimum Gasteiger partial charge on any atom is -0.497 e. The number of amides is 1. The van der Waals surface area contributed by atoms with Gasteiger partial charge in [0.05, 0.1) is 19.0 Å². The summed E-state index contributed by atoms with van der Waals surface area (Å²) in [6, 6.07) is 13.8. The molecule has 0 saturated heterocycles. The van der Waals surface area contributed by atoms with Crippen LogP contribution in [0.5, 0.6) is 5.75 Å². The number of carbonyl (C=O) groups is 1. The molecule has 0 aliphatic carbocycles. The SMILES string of the molecule is COc1ccc(C2CC(=O)Nc3c2cnn3-c2cccc(F)c2)cc1. The summed E-state index contributed by atoms with van der Waals surface area (Å²) in [7, 11) is 1.62. The molecule has 6 heteroatoms. The zero-order valence-electron chi connectivity index (χ0n) is 13.6. The van der Waals surface area contributed by atoms with E-state index in [1.54, 1.807) is 30.1 Å². The monoisotopic (exact) mass is 337 g/mol. The molecule has 0 radical (unpaired) electrons. The molecule has 1 aromatic heterocycles. The minimum atomic E-state index is -0.351. The Hall–Kier alpha value is -3.15. The van der Waals surface area contributed by atoms with Crippen LogP contribution in [-0.2, 0) is 4.79 Å². The summed E-state index contributed by atoms with van der Waals surface area (Å²) in [5.41, 5.74) is 2.49. The molecule has 5 nitrogen and oxygen atoms in total. The third-order valence-corrected chi connectivity index (χ3v) is 4.39. The average Bonchev–Trinajstić information content (AvgIpc) is 3.05. The summed E-state index contributed by atoms with van der Waals surface area (Å²) >= 11 is 0. The molecule has 1 N–H and O–H groups in total. The van der Waals surface area contributed by atoms with E-state index in [0.717, 1.165) is 16.9 Å². The molecule has 25 heavy (non-hydrogen) atoms. The molecular weight excluding hydrogens is 321 g/mol. The van der Waals surface area contributed by atoms with Crippen LogP contribution in [0.15, 0.2) is 54.7 Å². The Balaban J connectivity index is 1.78. The van der Waals surface area contributed by atoms with Gasteiger partial charge in [0.2, 0.25) is 5.91 Å². The zero-order chi connectivity index (χ0) is 17.4. The second-order valence-corrected chi connectivity index (χ2v) is 5.92. The first-order valence-corrected chi connectivity index (χ1v) is 7.93. The number of rotatable bonds is 3. The summed E-state index contributed by atoms with van der Waals surface area (Å²) < 4.78 is 20.3. The lowest BCUT2D eigenvalue weighted by molar-refractivity contribution is -0.116. The number of halogens is 1. The van der Waals surface area contributed by atoms with Gasteiger partial charge in [-0.1, -0.05) is 18.2 Å². The summed E-state index contributed by atoms with van der Waals surface area (Å²) in [6.45, 7) is 0. The van der Waals surface area contributed by atoms with Crippen molar-refractivity contribution in [2.75, 3.05) is 12.4 Å². The van der Waals surface area contributed by atoms with Gasteiger partial charge in [0, 0.05) is 17.9 Å². The van der Waals surface area contributed by atoms with Gasteiger partial charge in [0.25, 0.3) is 0 Å². The Morgan fingerprint density at radius 1 is 1.24 bits per heavy atom. The van der Waals surface area contributed by atoms with Crippen LogP contribution in [0.1, 0.15) is 23.5 Å². The van der Waals surface area contributed by atoms with E-state index in [2.05, 4.69) is 10.4 Å². The lowest BCUT2D eigenvalue weighted by atomic mass is 9.87. The molecule has 0 saturated carbocycles. The first-order chi connectivity index (χ1) is 12.2. The van der Waals surface area contributed by atoms with E-state index >= 15 is 0 Å². The molecule has 1 amide bonds. The molecule has 1 aliphatic heterocycles. The molecule has 1 aliphatic rings. The lowest BCUT2D eigenvalue weighted by Crippen LogP contribution is -2.24. The van der Waals surface area contributed by atoms with Crippen molar-refractivity contribution in [2.24, 2.45) is 0 Å². The Bertz CT molecular complexity index is 934. The van der Waals surface area contributed by atoms with Crippen molar-refractivity contribution >= 4 is 11.7 Å². The van der Waals surface area contributed by atoms with Crippen LogP contribution in [-0.4, -0.2) is 22.8 Å². The fourth-order valence-corrected chi connectivity index (χ4v) is 3.16. The van der Waals surface area contributed by atoms with E-state index < -0.39 is 0 Å². The largest absolute Gasteiger partial charge is 0.497 e. The summed E-state index contributed by atoms with van der Waals surface area (Å²) in [5.74, 6) is 0.807. The number of nitrogens with zero attached hydrogens (tertiary/aromatic N) is 2. The van der Waals surface area contributed by atoms with Crippen molar-refractivity contribution in [3.63, 3.8) is 0 Å². The quantitative estimate of drug-likeness (QED) is 0.796. The maximum absolute atomic E-state index is 13.5. The number of carbonyl (C=O) groups excluding carboxylic acids is 1. The highest BCUT2D eigenvalue weighted by atomic mass is 19.1. The molecular formula is C19H16FN3O2. The van der Waals surface area contributed by atoms with Gasteiger partial charge >= 0.3 is 0 Å². The number of hydrogen-bond donors (Lipinski definition) is 1. The number of methoxy groups -OCH3 is 1. The number of nitrogens with one attached hydrogen (secondary N) is 1. The van der Waals surface area contributed by atoms with E-state index in [-0.39, 0.29) is 17.6 Å². The van der Waals surface area contributed by atoms with E-state index in [9.17, 15) is 9.18 Å². The second kappa shape index (κ2) is 6.05. The molecule has 0 fully saturated rings. The highest BCUT2D eigenvalue weighted by Crippen LogP contribution is 2.38. The van der Waals surface area contributed by atoms with Gasteiger partial charge in [0.1, 0.15) is 17.4 Å².